The lowest BCUT2D eigenvalue weighted by Gasteiger charge is -2.33. The zero-order valence-electron chi connectivity index (χ0n) is 14.7. The van der Waals surface area contributed by atoms with Gasteiger partial charge in [-0.05, 0) is 24.5 Å². The van der Waals surface area contributed by atoms with Crippen molar-refractivity contribution in [1.82, 2.24) is 4.90 Å². The lowest BCUT2D eigenvalue weighted by Crippen LogP contribution is -2.39. The van der Waals surface area contributed by atoms with E-state index in [1.807, 2.05) is 48.5 Å². The third-order valence-electron chi connectivity index (χ3n) is 5.41. The average molecular weight is 346 g/mol. The first kappa shape index (κ1) is 16.7. The SMILES string of the molecule is N#CC1c2cccc(OCc3ccccc3)c2C(=O)N1C1CCCCC1. The summed E-state index contributed by atoms with van der Waals surface area (Å²) in [6.45, 7) is 0.408. The Bertz CT molecular complexity index is 835. The molecular formula is C22H22N2O2. The van der Waals surface area contributed by atoms with Crippen molar-refractivity contribution >= 4 is 5.91 Å². The molecule has 2 aromatic rings. The number of carbonyl (C=O) groups is 1. The number of rotatable bonds is 4. The number of nitrogens with zero attached hydrogens (tertiary/aromatic N) is 2. The topological polar surface area (TPSA) is 53.3 Å². The fourth-order valence-electron chi connectivity index (χ4n) is 4.12. The van der Waals surface area contributed by atoms with E-state index >= 15 is 0 Å². The number of benzene rings is 2. The third kappa shape index (κ3) is 2.94. The zero-order valence-corrected chi connectivity index (χ0v) is 14.7. The van der Waals surface area contributed by atoms with Crippen molar-refractivity contribution in [3.8, 4) is 11.8 Å². The number of hydrogen-bond acceptors (Lipinski definition) is 3. The van der Waals surface area contributed by atoms with Gasteiger partial charge in [0.05, 0.1) is 11.6 Å². The summed E-state index contributed by atoms with van der Waals surface area (Å²) in [5.74, 6) is 0.525. The molecule has 1 heterocycles. The van der Waals surface area contributed by atoms with Gasteiger partial charge in [-0.15, -0.1) is 0 Å². The maximum atomic E-state index is 13.2. The standard InChI is InChI=1S/C22H22N2O2/c23-14-19-18-12-7-13-20(26-15-16-8-3-1-4-9-16)21(18)22(25)24(19)17-10-5-2-6-11-17/h1,3-4,7-9,12-13,17,19H,2,5-6,10-11,15H2. The minimum atomic E-state index is -0.499. The number of amides is 1. The summed E-state index contributed by atoms with van der Waals surface area (Å²) in [4.78, 5) is 15.0. The quantitative estimate of drug-likeness (QED) is 0.812. The molecule has 4 nitrogen and oxygen atoms in total. The van der Waals surface area contributed by atoms with E-state index in [2.05, 4.69) is 6.07 Å². The van der Waals surface area contributed by atoms with Gasteiger partial charge in [0.1, 0.15) is 18.4 Å². The van der Waals surface area contributed by atoms with Crippen LogP contribution >= 0.6 is 0 Å². The predicted molar refractivity (Wildman–Crippen MR) is 98.6 cm³/mol. The normalized spacial score (nSPS) is 19.9. The first-order valence-electron chi connectivity index (χ1n) is 9.31. The summed E-state index contributed by atoms with van der Waals surface area (Å²) in [5, 5.41) is 9.75. The third-order valence-corrected chi connectivity index (χ3v) is 5.41. The zero-order chi connectivity index (χ0) is 17.9. The van der Waals surface area contributed by atoms with Crippen LogP contribution in [0.2, 0.25) is 0 Å². The molecule has 132 valence electrons. The second kappa shape index (κ2) is 7.21. The molecule has 0 spiro atoms. The minimum Gasteiger partial charge on any atom is -0.488 e. The fourth-order valence-corrected chi connectivity index (χ4v) is 4.12. The van der Waals surface area contributed by atoms with Gasteiger partial charge in [0.15, 0.2) is 0 Å². The van der Waals surface area contributed by atoms with Crippen molar-refractivity contribution in [2.45, 2.75) is 50.8 Å². The number of ether oxygens (including phenoxy) is 1. The molecule has 1 amide bonds. The Kier molecular flexibility index (Phi) is 4.62. The summed E-state index contributed by atoms with van der Waals surface area (Å²) in [6.07, 6.45) is 5.44. The number of hydrogen-bond donors (Lipinski definition) is 0. The molecule has 1 atom stereocenters. The highest BCUT2D eigenvalue weighted by atomic mass is 16.5. The van der Waals surface area contributed by atoms with E-state index in [0.29, 0.717) is 17.9 Å². The highest BCUT2D eigenvalue weighted by Crippen LogP contribution is 2.42. The molecule has 1 fully saturated rings. The van der Waals surface area contributed by atoms with Crippen LogP contribution in [0, 0.1) is 11.3 Å². The molecule has 2 aliphatic rings. The Labute approximate surface area is 154 Å². The molecule has 0 aromatic heterocycles. The van der Waals surface area contributed by atoms with Crippen LogP contribution in [0.1, 0.15) is 59.6 Å². The van der Waals surface area contributed by atoms with E-state index in [4.69, 9.17) is 4.74 Å². The maximum Gasteiger partial charge on any atom is 0.259 e. The molecule has 1 unspecified atom stereocenters. The molecule has 0 bridgehead atoms. The molecule has 1 saturated carbocycles. The Morgan fingerprint density at radius 3 is 2.54 bits per heavy atom. The van der Waals surface area contributed by atoms with Crippen LogP contribution in [-0.4, -0.2) is 16.8 Å². The van der Waals surface area contributed by atoms with E-state index in [0.717, 1.165) is 36.8 Å². The molecule has 4 rings (SSSR count). The van der Waals surface area contributed by atoms with E-state index < -0.39 is 6.04 Å². The van der Waals surface area contributed by atoms with Crippen LogP contribution in [0.4, 0.5) is 0 Å². The second-order valence-corrected chi connectivity index (χ2v) is 7.03. The Morgan fingerprint density at radius 1 is 1.04 bits per heavy atom. The summed E-state index contributed by atoms with van der Waals surface area (Å²) in [6, 6.07) is 17.5. The van der Waals surface area contributed by atoms with Crippen LogP contribution in [0.25, 0.3) is 0 Å². The molecule has 2 aromatic carbocycles. The predicted octanol–water partition coefficient (Wildman–Crippen LogP) is 4.62. The van der Waals surface area contributed by atoms with Crippen LogP contribution in [-0.2, 0) is 6.61 Å². The van der Waals surface area contributed by atoms with Gasteiger partial charge >= 0.3 is 0 Å². The average Bonchev–Trinajstić information content (AvgIpc) is 3.00. The number of nitriles is 1. The Morgan fingerprint density at radius 2 is 1.81 bits per heavy atom. The van der Waals surface area contributed by atoms with Crippen LogP contribution in [0.15, 0.2) is 48.5 Å². The Balaban J connectivity index is 1.63. The molecule has 26 heavy (non-hydrogen) atoms. The highest BCUT2D eigenvalue weighted by Gasteiger charge is 2.42. The van der Waals surface area contributed by atoms with Crippen molar-refractivity contribution in [2.24, 2.45) is 0 Å². The fraction of sp³-hybridized carbons (Fsp3) is 0.364. The molecule has 1 aliphatic carbocycles. The van der Waals surface area contributed by atoms with Gasteiger partial charge in [-0.3, -0.25) is 4.79 Å². The van der Waals surface area contributed by atoms with Gasteiger partial charge in [0.25, 0.3) is 5.91 Å². The molecule has 0 saturated heterocycles. The van der Waals surface area contributed by atoms with Crippen molar-refractivity contribution < 1.29 is 9.53 Å². The van der Waals surface area contributed by atoms with Crippen LogP contribution < -0.4 is 4.74 Å². The van der Waals surface area contributed by atoms with Gasteiger partial charge in [-0.1, -0.05) is 61.7 Å². The molecule has 0 radical (unpaired) electrons. The summed E-state index contributed by atoms with van der Waals surface area (Å²) >= 11 is 0. The van der Waals surface area contributed by atoms with E-state index in [9.17, 15) is 10.1 Å². The lowest BCUT2D eigenvalue weighted by atomic mass is 9.93. The van der Waals surface area contributed by atoms with Crippen LogP contribution in [0.5, 0.6) is 5.75 Å². The summed E-state index contributed by atoms with van der Waals surface area (Å²) < 4.78 is 5.98. The molecule has 1 aliphatic heterocycles. The largest absolute Gasteiger partial charge is 0.488 e. The van der Waals surface area contributed by atoms with Crippen LogP contribution in [0.3, 0.4) is 0 Å². The minimum absolute atomic E-state index is 0.0536. The molecule has 4 heteroatoms. The van der Waals surface area contributed by atoms with Gasteiger partial charge in [0, 0.05) is 11.6 Å². The van der Waals surface area contributed by atoms with E-state index in [1.165, 1.54) is 6.42 Å². The van der Waals surface area contributed by atoms with Crippen molar-refractivity contribution in [3.63, 3.8) is 0 Å². The molecule has 0 N–H and O–H groups in total. The summed E-state index contributed by atoms with van der Waals surface area (Å²) in [5.41, 5.74) is 2.41. The monoisotopic (exact) mass is 346 g/mol. The first-order valence-corrected chi connectivity index (χ1v) is 9.31. The maximum absolute atomic E-state index is 13.2. The van der Waals surface area contributed by atoms with E-state index in [1.54, 1.807) is 4.90 Å². The smallest absolute Gasteiger partial charge is 0.259 e. The van der Waals surface area contributed by atoms with Gasteiger partial charge in [-0.25, -0.2) is 0 Å². The van der Waals surface area contributed by atoms with Gasteiger partial charge < -0.3 is 9.64 Å². The van der Waals surface area contributed by atoms with Crippen molar-refractivity contribution in [1.29, 1.82) is 5.26 Å². The van der Waals surface area contributed by atoms with Gasteiger partial charge in [0.2, 0.25) is 0 Å². The van der Waals surface area contributed by atoms with Gasteiger partial charge in [-0.2, -0.15) is 5.26 Å². The number of carbonyl (C=O) groups excluding carboxylic acids is 1. The summed E-state index contributed by atoms with van der Waals surface area (Å²) in [7, 11) is 0. The van der Waals surface area contributed by atoms with E-state index in [-0.39, 0.29) is 11.9 Å². The first-order chi connectivity index (χ1) is 12.8. The van der Waals surface area contributed by atoms with Crippen molar-refractivity contribution in [3.05, 3.63) is 65.2 Å². The molecular weight excluding hydrogens is 324 g/mol. The number of fused-ring (bicyclic) bond motifs is 1. The Hall–Kier alpha value is -2.80. The highest BCUT2D eigenvalue weighted by molar-refractivity contribution is 6.02. The lowest BCUT2D eigenvalue weighted by molar-refractivity contribution is 0.0622. The van der Waals surface area contributed by atoms with Crippen molar-refractivity contribution in [2.75, 3.05) is 0 Å². The second-order valence-electron chi connectivity index (χ2n) is 7.03.